The van der Waals surface area contributed by atoms with E-state index in [-0.39, 0.29) is 11.7 Å². The van der Waals surface area contributed by atoms with Gasteiger partial charge < -0.3 is 19.3 Å². The van der Waals surface area contributed by atoms with E-state index in [0.29, 0.717) is 30.2 Å². The molecule has 6 nitrogen and oxygen atoms in total. The van der Waals surface area contributed by atoms with Crippen LogP contribution >= 0.6 is 0 Å². The van der Waals surface area contributed by atoms with Crippen LogP contribution in [0.4, 0.5) is 0 Å². The Morgan fingerprint density at radius 2 is 1.55 bits per heavy atom. The Balaban J connectivity index is 1.46. The first-order valence-electron chi connectivity index (χ1n) is 14.4. The van der Waals surface area contributed by atoms with E-state index in [9.17, 15) is 4.79 Å². The zero-order valence-corrected chi connectivity index (χ0v) is 23.9. The summed E-state index contributed by atoms with van der Waals surface area (Å²) in [5, 5.41) is 7.86. The van der Waals surface area contributed by atoms with Gasteiger partial charge in [0.2, 0.25) is 5.76 Å². The molecule has 0 saturated carbocycles. The van der Waals surface area contributed by atoms with Crippen molar-refractivity contribution >= 4 is 6.29 Å². The molecule has 1 aromatic heterocycles. The highest BCUT2D eigenvalue weighted by molar-refractivity contribution is 5.93. The third kappa shape index (κ3) is 5.85. The lowest BCUT2D eigenvalue weighted by atomic mass is 9.91. The van der Waals surface area contributed by atoms with Crippen LogP contribution in [0.5, 0.6) is 11.5 Å². The Bertz CT molecular complexity index is 1680. The number of benzene rings is 4. The van der Waals surface area contributed by atoms with Crippen LogP contribution in [0.2, 0.25) is 0 Å². The molecule has 212 valence electrons. The average molecular weight is 559 g/mol. The zero-order chi connectivity index (χ0) is 28.9. The molecular formula is C36H34N2O4. The van der Waals surface area contributed by atoms with E-state index < -0.39 is 0 Å². The Morgan fingerprint density at radius 1 is 0.857 bits per heavy atom. The van der Waals surface area contributed by atoms with Gasteiger partial charge in [-0.05, 0) is 58.3 Å². The largest absolute Gasteiger partial charge is 0.488 e. The highest BCUT2D eigenvalue weighted by atomic mass is 16.5. The van der Waals surface area contributed by atoms with Gasteiger partial charge in [-0.25, -0.2) is 0 Å². The van der Waals surface area contributed by atoms with Gasteiger partial charge in [-0.3, -0.25) is 4.79 Å². The second kappa shape index (κ2) is 12.5. The molecule has 0 saturated heterocycles. The van der Waals surface area contributed by atoms with E-state index in [1.165, 1.54) is 11.1 Å². The topological polar surface area (TPSA) is 73.6 Å². The van der Waals surface area contributed by atoms with Gasteiger partial charge in [-0.1, -0.05) is 97.9 Å². The third-order valence-corrected chi connectivity index (χ3v) is 7.67. The number of hydrogen-bond donors (Lipinski definition) is 1. The minimum Gasteiger partial charge on any atom is -0.488 e. The number of hydrogen-bond acceptors (Lipinski definition) is 6. The summed E-state index contributed by atoms with van der Waals surface area (Å²) < 4.78 is 18.5. The van der Waals surface area contributed by atoms with E-state index in [2.05, 4.69) is 42.5 Å². The number of carbonyl (C=O) groups is 1. The number of rotatable bonds is 10. The molecule has 1 N–H and O–H groups in total. The van der Waals surface area contributed by atoms with Crippen LogP contribution in [0.1, 0.15) is 58.1 Å². The van der Waals surface area contributed by atoms with Crippen molar-refractivity contribution in [2.75, 3.05) is 6.54 Å². The second-order valence-electron chi connectivity index (χ2n) is 10.9. The van der Waals surface area contributed by atoms with Crippen molar-refractivity contribution in [3.05, 3.63) is 125 Å². The summed E-state index contributed by atoms with van der Waals surface area (Å²) in [7, 11) is 0. The van der Waals surface area contributed by atoms with Gasteiger partial charge in [0.15, 0.2) is 6.29 Å². The lowest BCUT2D eigenvalue weighted by molar-refractivity contribution is 0.109. The van der Waals surface area contributed by atoms with Gasteiger partial charge in [-0.15, -0.1) is 0 Å². The van der Waals surface area contributed by atoms with E-state index in [4.69, 9.17) is 14.0 Å². The molecule has 6 rings (SSSR count). The maximum Gasteiger partial charge on any atom is 0.207 e. The molecule has 1 aliphatic rings. The van der Waals surface area contributed by atoms with E-state index in [1.807, 2.05) is 72.8 Å². The first-order chi connectivity index (χ1) is 20.6. The molecule has 0 unspecified atom stereocenters. The fourth-order valence-electron chi connectivity index (χ4n) is 5.41. The van der Waals surface area contributed by atoms with Crippen molar-refractivity contribution < 1.29 is 18.8 Å². The molecule has 0 bridgehead atoms. The predicted molar refractivity (Wildman–Crippen MR) is 164 cm³/mol. The summed E-state index contributed by atoms with van der Waals surface area (Å²) in [6, 6.07) is 30.5. The van der Waals surface area contributed by atoms with Gasteiger partial charge in [0.1, 0.15) is 30.4 Å². The molecule has 0 fully saturated rings. The molecule has 42 heavy (non-hydrogen) atoms. The zero-order valence-electron chi connectivity index (χ0n) is 23.9. The normalized spacial score (nSPS) is 12.6. The summed E-state index contributed by atoms with van der Waals surface area (Å²) in [5.74, 6) is 1.72. The maximum atomic E-state index is 12.2. The van der Waals surface area contributed by atoms with Gasteiger partial charge >= 0.3 is 0 Å². The summed E-state index contributed by atoms with van der Waals surface area (Å²) in [5.41, 5.74) is 8.58. The van der Waals surface area contributed by atoms with Crippen molar-refractivity contribution in [3.8, 4) is 33.9 Å². The molecule has 0 spiro atoms. The highest BCUT2D eigenvalue weighted by Gasteiger charge is 2.25. The predicted octanol–water partition coefficient (Wildman–Crippen LogP) is 7.75. The lowest BCUT2D eigenvalue weighted by Gasteiger charge is -2.20. The molecule has 0 radical (unpaired) electrons. The molecule has 5 aromatic rings. The van der Waals surface area contributed by atoms with Crippen molar-refractivity contribution in [1.82, 2.24) is 10.5 Å². The molecule has 0 amide bonds. The van der Waals surface area contributed by atoms with E-state index >= 15 is 0 Å². The SMILES string of the molecule is CC(C)c1cc(-c2noc(C=O)c2-c2ccc3c(c2)CCNC3)c(OCc2ccccc2)cc1OCc1ccccc1. The number of carbonyl (C=O) groups excluding carboxylic acids is 1. The highest BCUT2D eigenvalue weighted by Crippen LogP contribution is 2.44. The minimum absolute atomic E-state index is 0.162. The van der Waals surface area contributed by atoms with Crippen LogP contribution in [0, 0.1) is 0 Å². The standard InChI is InChI=1S/C36H34N2O4/c1-24(2)30-18-31(36-35(34(21-39)42-38-36)28-13-14-29-20-37-16-15-27(29)17-28)33(41-23-26-11-7-4-8-12-26)19-32(30)40-22-25-9-5-3-6-10-25/h3-14,17-19,21,24,37H,15-16,20,22-23H2,1-2H3. The molecule has 0 aliphatic carbocycles. The minimum atomic E-state index is 0.162. The first kappa shape index (κ1) is 27.5. The summed E-state index contributed by atoms with van der Waals surface area (Å²) in [6.07, 6.45) is 1.66. The number of nitrogens with zero attached hydrogens (tertiary/aromatic N) is 1. The molecular weight excluding hydrogens is 524 g/mol. The number of nitrogens with one attached hydrogen (secondary N) is 1. The van der Waals surface area contributed by atoms with Crippen molar-refractivity contribution in [3.63, 3.8) is 0 Å². The number of ether oxygens (including phenoxy) is 2. The van der Waals surface area contributed by atoms with Crippen molar-refractivity contribution in [1.29, 1.82) is 0 Å². The Kier molecular flexibility index (Phi) is 8.15. The van der Waals surface area contributed by atoms with Gasteiger partial charge in [0.25, 0.3) is 0 Å². The van der Waals surface area contributed by atoms with Crippen LogP contribution in [0.15, 0.2) is 95.5 Å². The number of fused-ring (bicyclic) bond motifs is 1. The average Bonchev–Trinajstić information content (AvgIpc) is 3.47. The number of aldehydes is 1. The van der Waals surface area contributed by atoms with Crippen LogP contribution < -0.4 is 14.8 Å². The smallest absolute Gasteiger partial charge is 0.207 e. The molecule has 2 heterocycles. The molecule has 4 aromatic carbocycles. The molecule has 1 aliphatic heterocycles. The Labute approximate surface area is 246 Å². The Hall–Kier alpha value is -4.68. The van der Waals surface area contributed by atoms with Gasteiger partial charge in [0.05, 0.1) is 5.56 Å². The summed E-state index contributed by atoms with van der Waals surface area (Å²) >= 11 is 0. The Morgan fingerprint density at radius 3 is 2.21 bits per heavy atom. The number of aromatic nitrogens is 1. The van der Waals surface area contributed by atoms with E-state index in [1.54, 1.807) is 0 Å². The summed E-state index contributed by atoms with van der Waals surface area (Å²) in [6.45, 7) is 6.84. The van der Waals surface area contributed by atoms with Crippen LogP contribution in [0.3, 0.4) is 0 Å². The maximum absolute atomic E-state index is 12.2. The van der Waals surface area contributed by atoms with Crippen molar-refractivity contribution in [2.45, 2.75) is 45.9 Å². The summed E-state index contributed by atoms with van der Waals surface area (Å²) in [4.78, 5) is 12.2. The monoisotopic (exact) mass is 558 g/mol. The fourth-order valence-corrected chi connectivity index (χ4v) is 5.41. The van der Waals surface area contributed by atoms with Crippen molar-refractivity contribution in [2.24, 2.45) is 0 Å². The van der Waals surface area contributed by atoms with Gasteiger partial charge in [-0.2, -0.15) is 0 Å². The second-order valence-corrected chi connectivity index (χ2v) is 10.9. The van der Waals surface area contributed by atoms with Crippen LogP contribution in [-0.4, -0.2) is 18.0 Å². The first-order valence-corrected chi connectivity index (χ1v) is 14.4. The molecule has 0 atom stereocenters. The lowest BCUT2D eigenvalue weighted by Crippen LogP contribution is -2.23. The van der Waals surface area contributed by atoms with Gasteiger partial charge in [0, 0.05) is 18.2 Å². The third-order valence-electron chi connectivity index (χ3n) is 7.67. The molecule has 6 heteroatoms. The van der Waals surface area contributed by atoms with Crippen LogP contribution in [-0.2, 0) is 26.2 Å². The van der Waals surface area contributed by atoms with E-state index in [0.717, 1.165) is 59.4 Å². The fraction of sp³-hybridized carbons (Fsp3) is 0.222. The quantitative estimate of drug-likeness (QED) is 0.177. The van der Waals surface area contributed by atoms with Crippen LogP contribution in [0.25, 0.3) is 22.4 Å².